The van der Waals surface area contributed by atoms with Crippen LogP contribution in [0, 0.1) is 0 Å². The van der Waals surface area contributed by atoms with Gasteiger partial charge in [0.25, 0.3) is 0 Å². The second-order valence-electron chi connectivity index (χ2n) is 18.2. The van der Waals surface area contributed by atoms with E-state index in [1.165, 1.54) is 21.5 Å². The van der Waals surface area contributed by atoms with Gasteiger partial charge in [-0.1, -0.05) is 182 Å². The van der Waals surface area contributed by atoms with E-state index in [2.05, 4.69) is 335 Å². The maximum absolute atomic E-state index is 2.35. The summed E-state index contributed by atoms with van der Waals surface area (Å²) in [7, 11) is 0. The van der Waals surface area contributed by atoms with E-state index in [4.69, 9.17) is 0 Å². The van der Waals surface area contributed by atoms with Crippen molar-refractivity contribution in [3.8, 4) is 0 Å². The second kappa shape index (κ2) is 20.8. The molecule has 0 saturated carbocycles. The van der Waals surface area contributed by atoms with Gasteiger partial charge in [0.15, 0.2) is 0 Å². The molecular weight excluding hydrogens is 897 g/mol. The molecule has 0 N–H and O–H groups in total. The summed E-state index contributed by atoms with van der Waals surface area (Å²) in [5, 5.41) is 4.83. The Morgan fingerprint density at radius 2 is 0.405 bits per heavy atom. The quantitative estimate of drug-likeness (QED) is 0.101. The summed E-state index contributed by atoms with van der Waals surface area (Å²) in [6.45, 7) is 0. The standard InChI is InChI=1S/C70H52N4/c1-5-23-57(24-6-1)71(63-45-49-65(50-46-63)73(59-27-9-3-10-28-59)69-33-17-21-55-19-13-15-31-67(55)69)61-41-37-53(38-42-61)35-36-54-39-43-62(44-40-54)72(58-25-7-2-8-26-58)64-47-51-66(52-48-64)74(60-29-11-4-12-30-60)70-34-18-22-56-20-14-16-32-68(56)70/h1-52H. The summed E-state index contributed by atoms with van der Waals surface area (Å²) in [4.78, 5) is 9.33. The molecule has 0 aliphatic carbocycles. The Kier molecular flexibility index (Phi) is 12.7. The summed E-state index contributed by atoms with van der Waals surface area (Å²) >= 11 is 0. The second-order valence-corrected chi connectivity index (χ2v) is 18.2. The fourth-order valence-electron chi connectivity index (χ4n) is 10.0. The molecule has 0 atom stereocenters. The molecule has 0 bridgehead atoms. The van der Waals surface area contributed by atoms with Crippen molar-refractivity contribution in [2.24, 2.45) is 0 Å². The number of fused-ring (bicyclic) bond motifs is 2. The van der Waals surface area contributed by atoms with Crippen LogP contribution in [-0.2, 0) is 0 Å². The summed E-state index contributed by atoms with van der Waals surface area (Å²) in [6.07, 6.45) is 4.38. The monoisotopic (exact) mass is 948 g/mol. The van der Waals surface area contributed by atoms with Crippen LogP contribution in [0.4, 0.5) is 68.2 Å². The van der Waals surface area contributed by atoms with Crippen molar-refractivity contribution in [2.45, 2.75) is 0 Å². The fraction of sp³-hybridized carbons (Fsp3) is 0. The molecular formula is C70H52N4. The Morgan fingerprint density at radius 1 is 0.176 bits per heavy atom. The Hall–Kier alpha value is -9.90. The van der Waals surface area contributed by atoms with E-state index < -0.39 is 0 Å². The highest BCUT2D eigenvalue weighted by molar-refractivity contribution is 6.00. The lowest BCUT2D eigenvalue weighted by Crippen LogP contribution is -2.12. The highest BCUT2D eigenvalue weighted by atomic mass is 15.2. The molecule has 0 fully saturated rings. The third-order valence-electron chi connectivity index (χ3n) is 13.6. The third kappa shape index (κ3) is 9.39. The number of para-hydroxylation sites is 4. The molecule has 4 heteroatoms. The molecule has 0 aliphatic heterocycles. The van der Waals surface area contributed by atoms with Gasteiger partial charge in [-0.25, -0.2) is 0 Å². The predicted octanol–water partition coefficient (Wildman–Crippen LogP) is 20.0. The number of rotatable bonds is 14. The molecule has 12 aromatic rings. The van der Waals surface area contributed by atoms with Gasteiger partial charge in [0.2, 0.25) is 0 Å². The lowest BCUT2D eigenvalue weighted by molar-refractivity contribution is 1.26. The lowest BCUT2D eigenvalue weighted by atomic mass is 10.1. The Morgan fingerprint density at radius 3 is 0.730 bits per heavy atom. The van der Waals surface area contributed by atoms with Gasteiger partial charge in [-0.2, -0.15) is 0 Å². The first kappa shape index (κ1) is 45.3. The topological polar surface area (TPSA) is 13.0 Å². The van der Waals surface area contributed by atoms with Crippen LogP contribution in [0.2, 0.25) is 0 Å². The summed E-state index contributed by atoms with van der Waals surface area (Å²) < 4.78 is 0. The molecule has 12 aromatic carbocycles. The van der Waals surface area contributed by atoms with E-state index in [-0.39, 0.29) is 0 Å². The van der Waals surface area contributed by atoms with Crippen LogP contribution >= 0.6 is 0 Å². The molecule has 74 heavy (non-hydrogen) atoms. The van der Waals surface area contributed by atoms with Gasteiger partial charge in [0.1, 0.15) is 0 Å². The summed E-state index contributed by atoms with van der Waals surface area (Å²) in [5.74, 6) is 0. The van der Waals surface area contributed by atoms with Crippen LogP contribution in [0.5, 0.6) is 0 Å². The Balaban J connectivity index is 0.802. The smallest absolute Gasteiger partial charge is 0.0540 e. The van der Waals surface area contributed by atoms with Crippen molar-refractivity contribution in [3.05, 3.63) is 314 Å². The average molecular weight is 949 g/mol. The van der Waals surface area contributed by atoms with Crippen molar-refractivity contribution in [3.63, 3.8) is 0 Å². The normalized spacial score (nSPS) is 11.2. The lowest BCUT2D eigenvalue weighted by Gasteiger charge is -2.29. The number of hydrogen-bond acceptors (Lipinski definition) is 4. The van der Waals surface area contributed by atoms with Crippen LogP contribution in [0.15, 0.2) is 303 Å². The van der Waals surface area contributed by atoms with Crippen LogP contribution in [0.25, 0.3) is 33.7 Å². The minimum Gasteiger partial charge on any atom is -0.311 e. The van der Waals surface area contributed by atoms with Crippen LogP contribution < -0.4 is 19.6 Å². The van der Waals surface area contributed by atoms with E-state index in [0.29, 0.717) is 0 Å². The van der Waals surface area contributed by atoms with Crippen molar-refractivity contribution in [2.75, 3.05) is 19.6 Å². The molecule has 0 aromatic heterocycles. The first-order valence-electron chi connectivity index (χ1n) is 25.2. The highest BCUT2D eigenvalue weighted by Crippen LogP contribution is 2.43. The maximum atomic E-state index is 2.35. The molecule has 0 spiro atoms. The molecule has 0 aliphatic rings. The minimum absolute atomic E-state index is 1.07. The van der Waals surface area contributed by atoms with E-state index in [1.54, 1.807) is 0 Å². The first-order valence-corrected chi connectivity index (χ1v) is 25.2. The zero-order valence-electron chi connectivity index (χ0n) is 40.8. The average Bonchev–Trinajstić information content (AvgIpc) is 3.48. The fourth-order valence-corrected chi connectivity index (χ4v) is 10.0. The predicted molar refractivity (Wildman–Crippen MR) is 316 cm³/mol. The van der Waals surface area contributed by atoms with Gasteiger partial charge in [0, 0.05) is 67.6 Å². The van der Waals surface area contributed by atoms with Gasteiger partial charge in [0.05, 0.1) is 11.4 Å². The van der Waals surface area contributed by atoms with Crippen molar-refractivity contribution >= 4 is 102 Å². The largest absolute Gasteiger partial charge is 0.311 e. The zero-order chi connectivity index (χ0) is 49.5. The highest BCUT2D eigenvalue weighted by Gasteiger charge is 2.20. The maximum Gasteiger partial charge on any atom is 0.0540 e. The van der Waals surface area contributed by atoms with Gasteiger partial charge in [-0.05, 0) is 155 Å². The number of hydrogen-bond donors (Lipinski definition) is 0. The van der Waals surface area contributed by atoms with Crippen molar-refractivity contribution in [1.29, 1.82) is 0 Å². The van der Waals surface area contributed by atoms with Crippen molar-refractivity contribution < 1.29 is 0 Å². The van der Waals surface area contributed by atoms with E-state index in [1.807, 2.05) is 0 Å². The molecule has 0 radical (unpaired) electrons. The van der Waals surface area contributed by atoms with Gasteiger partial charge in [-0.3, -0.25) is 0 Å². The molecule has 0 amide bonds. The zero-order valence-corrected chi connectivity index (χ0v) is 40.8. The number of nitrogens with zero attached hydrogens (tertiary/aromatic N) is 4. The van der Waals surface area contributed by atoms with Gasteiger partial charge >= 0.3 is 0 Å². The number of benzene rings is 12. The minimum atomic E-state index is 1.07. The molecule has 0 saturated heterocycles. The third-order valence-corrected chi connectivity index (χ3v) is 13.6. The molecule has 12 rings (SSSR count). The van der Waals surface area contributed by atoms with E-state index in [0.717, 1.165) is 79.4 Å². The molecule has 352 valence electrons. The van der Waals surface area contributed by atoms with E-state index >= 15 is 0 Å². The van der Waals surface area contributed by atoms with Crippen LogP contribution in [-0.4, -0.2) is 0 Å². The van der Waals surface area contributed by atoms with Crippen LogP contribution in [0.3, 0.4) is 0 Å². The SMILES string of the molecule is C(=Cc1ccc(N(c2ccccc2)c2ccc(N(c3ccccc3)c3cccc4ccccc34)cc2)cc1)c1ccc(N(c2ccccc2)c2ccc(N(c3ccccc3)c3cccc4ccccc34)cc2)cc1. The molecule has 0 heterocycles. The Labute approximate surface area is 433 Å². The first-order chi connectivity index (χ1) is 36.7. The summed E-state index contributed by atoms with van der Waals surface area (Å²) in [5.41, 5.74) is 15.4. The molecule has 4 nitrogen and oxygen atoms in total. The summed E-state index contributed by atoms with van der Waals surface area (Å²) in [6, 6.07) is 108. The molecule has 0 unspecified atom stereocenters. The van der Waals surface area contributed by atoms with E-state index in [9.17, 15) is 0 Å². The van der Waals surface area contributed by atoms with Crippen LogP contribution in [0.1, 0.15) is 11.1 Å². The Bertz CT molecular complexity index is 3540. The number of anilines is 12. The van der Waals surface area contributed by atoms with Crippen molar-refractivity contribution in [1.82, 2.24) is 0 Å². The van der Waals surface area contributed by atoms with Gasteiger partial charge < -0.3 is 19.6 Å². The van der Waals surface area contributed by atoms with Gasteiger partial charge in [-0.15, -0.1) is 0 Å².